The van der Waals surface area contributed by atoms with Crippen LogP contribution in [0.3, 0.4) is 0 Å². The molecule has 194 valence electrons. The Kier molecular flexibility index (Phi) is 8.99. The summed E-state index contributed by atoms with van der Waals surface area (Å²) in [6.45, 7) is 8.45. The topological polar surface area (TPSA) is 59.8 Å². The zero-order valence-electron chi connectivity index (χ0n) is 22.2. The second-order valence-corrected chi connectivity index (χ2v) is 9.83. The molecule has 0 saturated heterocycles. The Labute approximate surface area is 220 Å². The molecule has 0 aliphatic carbocycles. The van der Waals surface area contributed by atoms with Crippen LogP contribution in [-0.4, -0.2) is 46.1 Å². The molecule has 0 fully saturated rings. The third-order valence-corrected chi connectivity index (χ3v) is 6.20. The predicted molar refractivity (Wildman–Crippen MR) is 148 cm³/mol. The van der Waals surface area contributed by atoms with Gasteiger partial charge in [0, 0.05) is 19.6 Å². The van der Waals surface area contributed by atoms with E-state index in [-0.39, 0.29) is 0 Å². The lowest BCUT2D eigenvalue weighted by Gasteiger charge is -2.27. The summed E-state index contributed by atoms with van der Waals surface area (Å²) < 4.78 is 13.6. The third-order valence-electron chi connectivity index (χ3n) is 6.20. The van der Waals surface area contributed by atoms with Gasteiger partial charge in [-0.2, -0.15) is 5.10 Å². The van der Waals surface area contributed by atoms with E-state index in [0.29, 0.717) is 37.1 Å². The van der Waals surface area contributed by atoms with Crippen molar-refractivity contribution < 1.29 is 14.6 Å². The third kappa shape index (κ3) is 7.21. The molecule has 37 heavy (non-hydrogen) atoms. The van der Waals surface area contributed by atoms with Crippen molar-refractivity contribution in [3.8, 4) is 23.1 Å². The van der Waals surface area contributed by atoms with Crippen molar-refractivity contribution >= 4 is 0 Å². The van der Waals surface area contributed by atoms with E-state index in [0.717, 1.165) is 34.8 Å². The fraction of sp³-hybridized carbons (Fsp3) is 0.323. The summed E-state index contributed by atoms with van der Waals surface area (Å²) in [4.78, 5) is 2.30. The summed E-state index contributed by atoms with van der Waals surface area (Å²) in [5.41, 5.74) is 3.97. The Morgan fingerprint density at radius 3 is 2.11 bits per heavy atom. The molecule has 6 heteroatoms. The van der Waals surface area contributed by atoms with Crippen LogP contribution in [0.25, 0.3) is 5.69 Å². The van der Waals surface area contributed by atoms with Gasteiger partial charge in [-0.3, -0.25) is 4.90 Å². The molecule has 0 aliphatic heterocycles. The van der Waals surface area contributed by atoms with Gasteiger partial charge in [0.15, 0.2) is 0 Å². The first-order valence-electron chi connectivity index (χ1n) is 12.8. The van der Waals surface area contributed by atoms with Gasteiger partial charge < -0.3 is 14.6 Å². The predicted octanol–water partition coefficient (Wildman–Crippen LogP) is 6.04. The largest absolute Gasteiger partial charge is 0.497 e. The van der Waals surface area contributed by atoms with Crippen molar-refractivity contribution in [2.75, 3.05) is 20.2 Å². The molecule has 1 heterocycles. The zero-order chi connectivity index (χ0) is 26.2. The number of hydrogen-bond acceptors (Lipinski definition) is 5. The quantitative estimate of drug-likeness (QED) is 0.257. The Morgan fingerprint density at radius 2 is 1.49 bits per heavy atom. The maximum atomic E-state index is 11.0. The molecule has 6 nitrogen and oxygen atoms in total. The van der Waals surface area contributed by atoms with Gasteiger partial charge >= 0.3 is 0 Å². The Morgan fingerprint density at radius 1 is 0.865 bits per heavy atom. The first-order chi connectivity index (χ1) is 17.9. The fourth-order valence-corrected chi connectivity index (χ4v) is 4.52. The average molecular weight is 500 g/mol. The summed E-state index contributed by atoms with van der Waals surface area (Å²) in [6, 6.07) is 27.7. The zero-order valence-corrected chi connectivity index (χ0v) is 22.2. The van der Waals surface area contributed by atoms with Crippen LogP contribution in [0.2, 0.25) is 0 Å². The molecule has 1 aromatic heterocycles. The van der Waals surface area contributed by atoms with E-state index < -0.39 is 6.10 Å². The van der Waals surface area contributed by atoms with Crippen molar-refractivity contribution in [3.05, 3.63) is 102 Å². The molecule has 0 aliphatic rings. The minimum atomic E-state index is -0.475. The second-order valence-electron chi connectivity index (χ2n) is 9.83. The highest BCUT2D eigenvalue weighted by atomic mass is 16.5. The highest BCUT2D eigenvalue weighted by Crippen LogP contribution is 2.32. The summed E-state index contributed by atoms with van der Waals surface area (Å²) >= 11 is 0. The van der Waals surface area contributed by atoms with Gasteiger partial charge in [0.05, 0.1) is 30.2 Å². The van der Waals surface area contributed by atoms with Gasteiger partial charge in [0.1, 0.15) is 11.5 Å². The van der Waals surface area contributed by atoms with Crippen LogP contribution < -0.4 is 9.47 Å². The van der Waals surface area contributed by atoms with Crippen molar-refractivity contribution in [2.45, 2.75) is 39.8 Å². The summed E-state index contributed by atoms with van der Waals surface area (Å²) in [5.74, 6) is 2.61. The normalized spacial score (nSPS) is 12.2. The van der Waals surface area contributed by atoms with E-state index in [1.54, 1.807) is 7.11 Å². The minimum absolute atomic E-state index is 0.444. The molecule has 0 amide bonds. The number of benzene rings is 3. The molecule has 1 atom stereocenters. The molecule has 0 bridgehead atoms. The molecular formula is C31H37N3O3. The number of hydrogen-bond donors (Lipinski definition) is 1. The maximum Gasteiger partial charge on any atom is 0.227 e. The highest BCUT2D eigenvalue weighted by Gasteiger charge is 2.23. The van der Waals surface area contributed by atoms with Crippen LogP contribution >= 0.6 is 0 Å². The second kappa shape index (κ2) is 12.6. The summed E-state index contributed by atoms with van der Waals surface area (Å²) in [5, 5.41) is 15.8. The van der Waals surface area contributed by atoms with E-state index in [9.17, 15) is 5.11 Å². The van der Waals surface area contributed by atoms with E-state index in [2.05, 4.69) is 30.9 Å². The SMILES string of the molecule is COc1ccc(Oc2c(CN(CC(C)C)CC(O)Cc3ccccc3)c(C)nn2-c2ccccc2)cc1. The van der Waals surface area contributed by atoms with Crippen LogP contribution in [0.4, 0.5) is 0 Å². The Hall–Kier alpha value is -3.61. The fourth-order valence-electron chi connectivity index (χ4n) is 4.52. The smallest absolute Gasteiger partial charge is 0.227 e. The first-order valence-corrected chi connectivity index (χ1v) is 12.8. The summed E-state index contributed by atoms with van der Waals surface area (Å²) in [7, 11) is 1.65. The number of ether oxygens (including phenoxy) is 2. The van der Waals surface area contributed by atoms with E-state index >= 15 is 0 Å². The number of aliphatic hydroxyl groups excluding tert-OH is 1. The van der Waals surface area contributed by atoms with Crippen molar-refractivity contribution in [2.24, 2.45) is 5.92 Å². The maximum absolute atomic E-state index is 11.0. The van der Waals surface area contributed by atoms with Gasteiger partial charge in [-0.25, -0.2) is 4.68 Å². The average Bonchev–Trinajstić information content (AvgIpc) is 3.19. The molecule has 4 aromatic rings. The van der Waals surface area contributed by atoms with Crippen LogP contribution in [0.15, 0.2) is 84.9 Å². The standard InChI is InChI=1S/C31H37N3O3/c1-23(2)20-33(21-27(35)19-25-11-7-5-8-12-25)22-30-24(3)32-34(26-13-9-6-10-14-26)31(30)37-29-17-15-28(36-4)16-18-29/h5-18,23,27,35H,19-22H2,1-4H3. The van der Waals surface area contributed by atoms with Gasteiger partial charge in [-0.15, -0.1) is 0 Å². The monoisotopic (exact) mass is 499 g/mol. The number of aryl methyl sites for hydroxylation is 1. The molecule has 1 N–H and O–H groups in total. The van der Waals surface area contributed by atoms with Crippen LogP contribution in [0.5, 0.6) is 17.4 Å². The molecule has 4 rings (SSSR count). The lowest BCUT2D eigenvalue weighted by molar-refractivity contribution is 0.101. The highest BCUT2D eigenvalue weighted by molar-refractivity contribution is 5.44. The lowest BCUT2D eigenvalue weighted by Crippen LogP contribution is -2.35. The van der Waals surface area contributed by atoms with Crippen molar-refractivity contribution in [1.29, 1.82) is 0 Å². The molecule has 3 aromatic carbocycles. The minimum Gasteiger partial charge on any atom is -0.497 e. The van der Waals surface area contributed by atoms with E-state index in [1.165, 1.54) is 0 Å². The Balaban J connectivity index is 1.64. The number of para-hydroxylation sites is 1. The number of methoxy groups -OCH3 is 1. The molecule has 0 spiro atoms. The van der Waals surface area contributed by atoms with E-state index in [1.807, 2.05) is 84.4 Å². The first kappa shape index (κ1) is 26.5. The number of nitrogens with zero attached hydrogens (tertiary/aromatic N) is 3. The van der Waals surface area contributed by atoms with Crippen LogP contribution in [0, 0.1) is 12.8 Å². The van der Waals surface area contributed by atoms with Crippen molar-refractivity contribution in [3.63, 3.8) is 0 Å². The van der Waals surface area contributed by atoms with Crippen LogP contribution in [-0.2, 0) is 13.0 Å². The van der Waals surface area contributed by atoms with E-state index in [4.69, 9.17) is 14.6 Å². The molecule has 1 unspecified atom stereocenters. The Bertz CT molecular complexity index is 1240. The molecule has 0 saturated carbocycles. The van der Waals surface area contributed by atoms with Gasteiger partial charge in [-0.05, 0) is 61.2 Å². The molecule has 0 radical (unpaired) electrons. The summed E-state index contributed by atoms with van der Waals surface area (Å²) in [6.07, 6.45) is 0.143. The van der Waals surface area contributed by atoms with Gasteiger partial charge in [-0.1, -0.05) is 62.4 Å². The van der Waals surface area contributed by atoms with Crippen molar-refractivity contribution in [1.82, 2.24) is 14.7 Å². The number of rotatable bonds is 12. The van der Waals surface area contributed by atoms with Gasteiger partial charge in [0.25, 0.3) is 0 Å². The van der Waals surface area contributed by atoms with Gasteiger partial charge in [0.2, 0.25) is 5.88 Å². The number of aliphatic hydroxyl groups is 1. The molecular weight excluding hydrogens is 462 g/mol. The lowest BCUT2D eigenvalue weighted by atomic mass is 10.1. The number of aromatic nitrogens is 2. The van der Waals surface area contributed by atoms with Crippen LogP contribution in [0.1, 0.15) is 30.7 Å².